The molecule has 0 fully saturated rings. The summed E-state index contributed by atoms with van der Waals surface area (Å²) in [7, 11) is 0. The normalized spacial score (nSPS) is 11.4. The number of carboxylic acid groups (broad SMARTS) is 1. The second-order valence-corrected chi connectivity index (χ2v) is 2.84. The maximum atomic E-state index is 12.9. The number of alkyl halides is 2. The van der Waals surface area contributed by atoms with Crippen molar-refractivity contribution < 1.29 is 23.1 Å². The van der Waals surface area contributed by atoms with Gasteiger partial charge in [0.05, 0.1) is 0 Å². The number of benzene rings is 1. The van der Waals surface area contributed by atoms with Crippen molar-refractivity contribution in [2.45, 2.75) is 12.8 Å². The van der Waals surface area contributed by atoms with Gasteiger partial charge in [0.25, 0.3) is 0 Å². The number of aliphatic carboxylic acids is 1. The molecule has 0 bridgehead atoms. The summed E-state index contributed by atoms with van der Waals surface area (Å²) in [4.78, 5) is 10.2. The third-order valence-electron chi connectivity index (χ3n) is 1.79. The third-order valence-corrected chi connectivity index (χ3v) is 1.79. The average molecular weight is 204 g/mol. The molecule has 0 aliphatic carbocycles. The Morgan fingerprint density at radius 2 is 2.00 bits per heavy atom. The van der Waals surface area contributed by atoms with Crippen LogP contribution in [-0.4, -0.2) is 11.1 Å². The van der Waals surface area contributed by atoms with E-state index in [1.165, 1.54) is 6.92 Å². The van der Waals surface area contributed by atoms with Gasteiger partial charge in [-0.1, -0.05) is 0 Å². The Morgan fingerprint density at radius 3 is 2.43 bits per heavy atom. The second-order valence-electron chi connectivity index (χ2n) is 2.84. The van der Waals surface area contributed by atoms with E-state index in [0.717, 1.165) is 18.2 Å². The quantitative estimate of drug-likeness (QED) is 0.802. The molecule has 0 spiro atoms. The number of carbonyl (C=O) groups is 1. The van der Waals surface area contributed by atoms with Gasteiger partial charge in [-0.25, -0.2) is 9.18 Å². The molecule has 76 valence electrons. The maximum Gasteiger partial charge on any atom is 0.379 e. The Kier molecular flexibility index (Phi) is 2.51. The van der Waals surface area contributed by atoms with Gasteiger partial charge in [-0.3, -0.25) is 0 Å². The van der Waals surface area contributed by atoms with E-state index in [9.17, 15) is 18.0 Å². The van der Waals surface area contributed by atoms with Crippen LogP contribution in [0.1, 0.15) is 11.1 Å². The van der Waals surface area contributed by atoms with E-state index in [-0.39, 0.29) is 5.56 Å². The van der Waals surface area contributed by atoms with Crippen molar-refractivity contribution in [3.63, 3.8) is 0 Å². The molecule has 0 radical (unpaired) electrons. The van der Waals surface area contributed by atoms with Crippen LogP contribution in [0.25, 0.3) is 0 Å². The van der Waals surface area contributed by atoms with Crippen LogP contribution in [0, 0.1) is 12.7 Å². The summed E-state index contributed by atoms with van der Waals surface area (Å²) in [6.45, 7) is 1.29. The summed E-state index contributed by atoms with van der Waals surface area (Å²) in [5.41, 5.74) is -0.729. The minimum absolute atomic E-state index is 0.0107. The van der Waals surface area contributed by atoms with E-state index < -0.39 is 23.3 Å². The number of hydrogen-bond donors (Lipinski definition) is 1. The fourth-order valence-electron chi connectivity index (χ4n) is 0.963. The highest BCUT2D eigenvalue weighted by Gasteiger charge is 2.41. The molecule has 0 aliphatic heterocycles. The zero-order valence-corrected chi connectivity index (χ0v) is 7.22. The van der Waals surface area contributed by atoms with Crippen LogP contribution in [0.4, 0.5) is 13.2 Å². The molecule has 0 saturated carbocycles. The lowest BCUT2D eigenvalue weighted by atomic mass is 10.1. The summed E-state index contributed by atoms with van der Waals surface area (Å²) < 4.78 is 38.4. The number of aryl methyl sites for hydroxylation is 1. The molecule has 2 nitrogen and oxygen atoms in total. The van der Waals surface area contributed by atoms with Crippen molar-refractivity contribution in [1.82, 2.24) is 0 Å². The first-order valence-electron chi connectivity index (χ1n) is 3.73. The fraction of sp³-hybridized carbons (Fsp3) is 0.222. The first kappa shape index (κ1) is 10.6. The predicted octanol–water partition coefficient (Wildman–Crippen LogP) is 2.31. The summed E-state index contributed by atoms with van der Waals surface area (Å²) in [5, 5.41) is 8.21. The standard InChI is InChI=1S/C9H7F3O2/c1-5-4-6(2-3-7(5)10)9(11,12)8(13)14/h2-4H,1H3,(H,13,14). The van der Waals surface area contributed by atoms with Crippen LogP contribution < -0.4 is 0 Å². The summed E-state index contributed by atoms with van der Waals surface area (Å²) in [5.74, 6) is -6.86. The van der Waals surface area contributed by atoms with E-state index in [4.69, 9.17) is 5.11 Å². The lowest BCUT2D eigenvalue weighted by Gasteiger charge is -2.11. The SMILES string of the molecule is Cc1cc(C(F)(F)C(=O)O)ccc1F. The Labute approximate surface area is 78.0 Å². The van der Waals surface area contributed by atoms with E-state index >= 15 is 0 Å². The molecule has 1 N–H and O–H groups in total. The predicted molar refractivity (Wildman–Crippen MR) is 42.7 cm³/mol. The van der Waals surface area contributed by atoms with Crippen molar-refractivity contribution in [2.75, 3.05) is 0 Å². The van der Waals surface area contributed by atoms with Crippen molar-refractivity contribution in [3.8, 4) is 0 Å². The lowest BCUT2D eigenvalue weighted by Crippen LogP contribution is -2.25. The lowest BCUT2D eigenvalue weighted by molar-refractivity contribution is -0.166. The second kappa shape index (κ2) is 3.32. The maximum absolute atomic E-state index is 12.9. The smallest absolute Gasteiger partial charge is 0.379 e. The molecule has 0 heterocycles. The molecule has 1 rings (SSSR count). The third kappa shape index (κ3) is 1.71. The van der Waals surface area contributed by atoms with E-state index in [1.807, 2.05) is 0 Å². The van der Waals surface area contributed by atoms with Crippen LogP contribution in [-0.2, 0) is 10.7 Å². The Hall–Kier alpha value is -1.52. The molecule has 0 saturated heterocycles. The van der Waals surface area contributed by atoms with Crippen LogP contribution in [0.2, 0.25) is 0 Å². The van der Waals surface area contributed by atoms with Crippen molar-refractivity contribution in [1.29, 1.82) is 0 Å². The zero-order chi connectivity index (χ0) is 10.9. The van der Waals surface area contributed by atoms with Crippen LogP contribution >= 0.6 is 0 Å². The van der Waals surface area contributed by atoms with Gasteiger partial charge in [0.2, 0.25) is 0 Å². The van der Waals surface area contributed by atoms with Crippen molar-refractivity contribution in [2.24, 2.45) is 0 Å². The minimum atomic E-state index is -3.97. The van der Waals surface area contributed by atoms with Gasteiger partial charge in [-0.15, -0.1) is 0 Å². The van der Waals surface area contributed by atoms with Gasteiger partial charge in [-0.2, -0.15) is 8.78 Å². The van der Waals surface area contributed by atoms with Gasteiger partial charge >= 0.3 is 11.9 Å². The molecule has 0 amide bonds. The highest BCUT2D eigenvalue weighted by atomic mass is 19.3. The van der Waals surface area contributed by atoms with E-state index in [1.54, 1.807) is 0 Å². The fourth-order valence-corrected chi connectivity index (χ4v) is 0.963. The van der Waals surface area contributed by atoms with Gasteiger partial charge in [0, 0.05) is 5.56 Å². The molecular weight excluding hydrogens is 197 g/mol. The summed E-state index contributed by atoms with van der Waals surface area (Å²) >= 11 is 0. The molecule has 0 atom stereocenters. The first-order chi connectivity index (χ1) is 6.35. The van der Waals surface area contributed by atoms with E-state index in [0.29, 0.717) is 0 Å². The number of carboxylic acids is 1. The Balaban J connectivity index is 3.21. The monoisotopic (exact) mass is 204 g/mol. The van der Waals surface area contributed by atoms with Crippen LogP contribution in [0.5, 0.6) is 0 Å². The highest BCUT2D eigenvalue weighted by Crippen LogP contribution is 2.29. The van der Waals surface area contributed by atoms with Gasteiger partial charge < -0.3 is 5.11 Å². The number of halogens is 3. The van der Waals surface area contributed by atoms with Gasteiger partial charge in [0.15, 0.2) is 0 Å². The topological polar surface area (TPSA) is 37.3 Å². The highest BCUT2D eigenvalue weighted by molar-refractivity contribution is 5.77. The molecule has 1 aromatic carbocycles. The molecule has 5 heteroatoms. The molecular formula is C9H7F3O2. The Bertz CT molecular complexity index is 374. The summed E-state index contributed by atoms with van der Waals surface area (Å²) in [6, 6.07) is 2.40. The van der Waals surface area contributed by atoms with Crippen LogP contribution in [0.3, 0.4) is 0 Å². The van der Waals surface area contributed by atoms with E-state index in [2.05, 4.69) is 0 Å². The minimum Gasteiger partial charge on any atom is -0.477 e. The molecule has 0 aliphatic rings. The number of hydrogen-bond acceptors (Lipinski definition) is 1. The van der Waals surface area contributed by atoms with Gasteiger partial charge in [-0.05, 0) is 30.7 Å². The molecule has 14 heavy (non-hydrogen) atoms. The van der Waals surface area contributed by atoms with Crippen molar-refractivity contribution >= 4 is 5.97 Å². The van der Waals surface area contributed by atoms with Crippen molar-refractivity contribution in [3.05, 3.63) is 35.1 Å². The molecule has 0 aromatic heterocycles. The van der Waals surface area contributed by atoms with Gasteiger partial charge in [0.1, 0.15) is 5.82 Å². The summed E-state index contributed by atoms with van der Waals surface area (Å²) in [6.07, 6.45) is 0. The molecule has 0 unspecified atom stereocenters. The largest absolute Gasteiger partial charge is 0.477 e. The van der Waals surface area contributed by atoms with Crippen LogP contribution in [0.15, 0.2) is 18.2 Å². The average Bonchev–Trinajstić information content (AvgIpc) is 2.09. The molecule has 1 aromatic rings. The number of rotatable bonds is 2. The Morgan fingerprint density at radius 1 is 1.43 bits per heavy atom. The zero-order valence-electron chi connectivity index (χ0n) is 7.22. The first-order valence-corrected chi connectivity index (χ1v) is 3.73.